The van der Waals surface area contributed by atoms with Crippen molar-refractivity contribution in [2.45, 2.75) is 18.4 Å². The van der Waals surface area contributed by atoms with Gasteiger partial charge in [-0.2, -0.15) is 0 Å². The average Bonchev–Trinajstić information content (AvgIpc) is 3.10. The first-order chi connectivity index (χ1) is 11.7. The number of anilines is 1. The Morgan fingerprint density at radius 1 is 1.21 bits per heavy atom. The summed E-state index contributed by atoms with van der Waals surface area (Å²) in [5.41, 5.74) is 3.84. The molecule has 0 bridgehead atoms. The third-order valence-corrected chi connectivity index (χ3v) is 5.09. The van der Waals surface area contributed by atoms with E-state index in [9.17, 15) is 4.79 Å². The van der Waals surface area contributed by atoms with Crippen LogP contribution in [0.5, 0.6) is 5.75 Å². The van der Waals surface area contributed by atoms with Crippen LogP contribution in [-0.4, -0.2) is 18.2 Å². The summed E-state index contributed by atoms with van der Waals surface area (Å²) in [6, 6.07) is 13.5. The van der Waals surface area contributed by atoms with Crippen molar-refractivity contribution in [3.63, 3.8) is 0 Å². The Kier molecular flexibility index (Phi) is 3.53. The Morgan fingerprint density at radius 2 is 2.00 bits per heavy atom. The number of carboxylic acid groups (broad SMARTS) is 1. The highest BCUT2D eigenvalue weighted by Gasteiger charge is 2.38. The fourth-order valence-electron chi connectivity index (χ4n) is 3.86. The van der Waals surface area contributed by atoms with Gasteiger partial charge in [0.05, 0.1) is 18.7 Å². The van der Waals surface area contributed by atoms with Crippen LogP contribution in [0.3, 0.4) is 0 Å². The number of aromatic carboxylic acids is 1. The smallest absolute Gasteiger partial charge is 0.335 e. The van der Waals surface area contributed by atoms with Gasteiger partial charge in [0.1, 0.15) is 5.75 Å². The topological polar surface area (TPSA) is 58.6 Å². The van der Waals surface area contributed by atoms with Crippen LogP contribution in [-0.2, 0) is 0 Å². The molecule has 0 radical (unpaired) electrons. The monoisotopic (exact) mass is 321 g/mol. The van der Waals surface area contributed by atoms with Crippen molar-refractivity contribution in [1.29, 1.82) is 0 Å². The number of rotatable bonds is 3. The first-order valence-electron chi connectivity index (χ1n) is 8.12. The van der Waals surface area contributed by atoms with Gasteiger partial charge in [-0.25, -0.2) is 4.79 Å². The van der Waals surface area contributed by atoms with Gasteiger partial charge in [0.15, 0.2) is 0 Å². The summed E-state index contributed by atoms with van der Waals surface area (Å²) in [7, 11) is 1.69. The molecule has 2 N–H and O–H groups in total. The van der Waals surface area contributed by atoms with E-state index < -0.39 is 5.97 Å². The Morgan fingerprint density at radius 3 is 2.71 bits per heavy atom. The maximum atomic E-state index is 11.1. The molecule has 0 aromatic heterocycles. The molecule has 0 saturated carbocycles. The van der Waals surface area contributed by atoms with Crippen molar-refractivity contribution >= 4 is 11.7 Å². The summed E-state index contributed by atoms with van der Waals surface area (Å²) < 4.78 is 5.37. The predicted octanol–water partition coefficient (Wildman–Crippen LogP) is 4.22. The SMILES string of the molecule is COc1ccc2c(c1)[C@@H]1C=CC[C@@H]1[C@H](c1ccc(C(=O)O)cc1)N2. The molecule has 1 aliphatic carbocycles. The van der Waals surface area contributed by atoms with E-state index in [-0.39, 0.29) is 6.04 Å². The lowest BCUT2D eigenvalue weighted by molar-refractivity contribution is 0.0697. The zero-order valence-corrected chi connectivity index (χ0v) is 13.4. The van der Waals surface area contributed by atoms with Gasteiger partial charge >= 0.3 is 5.97 Å². The number of hydrogen-bond acceptors (Lipinski definition) is 3. The van der Waals surface area contributed by atoms with E-state index in [1.807, 2.05) is 18.2 Å². The number of allylic oxidation sites excluding steroid dienone is 2. The molecule has 24 heavy (non-hydrogen) atoms. The largest absolute Gasteiger partial charge is 0.497 e. The van der Waals surface area contributed by atoms with E-state index in [0.717, 1.165) is 23.4 Å². The molecule has 0 saturated heterocycles. The molecular weight excluding hydrogens is 302 g/mol. The maximum absolute atomic E-state index is 11.1. The highest BCUT2D eigenvalue weighted by atomic mass is 16.5. The Bertz CT molecular complexity index is 810. The number of methoxy groups -OCH3 is 1. The van der Waals surface area contributed by atoms with Crippen LogP contribution < -0.4 is 10.1 Å². The summed E-state index contributed by atoms with van der Waals surface area (Å²) in [4.78, 5) is 11.1. The lowest BCUT2D eigenvalue weighted by Gasteiger charge is -2.37. The zero-order chi connectivity index (χ0) is 16.7. The lowest BCUT2D eigenvalue weighted by Crippen LogP contribution is -2.29. The van der Waals surface area contributed by atoms with Crippen LogP contribution in [0.4, 0.5) is 5.69 Å². The van der Waals surface area contributed by atoms with Crippen LogP contribution in [0, 0.1) is 5.92 Å². The summed E-state index contributed by atoms with van der Waals surface area (Å²) in [5, 5.41) is 12.7. The minimum atomic E-state index is -0.893. The summed E-state index contributed by atoms with van der Waals surface area (Å²) in [6.45, 7) is 0. The summed E-state index contributed by atoms with van der Waals surface area (Å²) in [5.74, 6) is 0.774. The summed E-state index contributed by atoms with van der Waals surface area (Å²) in [6.07, 6.45) is 5.53. The Labute approximate surface area is 140 Å². The van der Waals surface area contributed by atoms with Crippen LogP contribution in [0.15, 0.2) is 54.6 Å². The number of carbonyl (C=O) groups is 1. The normalized spacial score (nSPS) is 24.0. The fourth-order valence-corrected chi connectivity index (χ4v) is 3.86. The number of carboxylic acids is 1. The van der Waals surface area contributed by atoms with Gasteiger partial charge < -0.3 is 15.2 Å². The van der Waals surface area contributed by atoms with Crippen molar-refractivity contribution in [2.24, 2.45) is 5.92 Å². The molecule has 2 aromatic rings. The minimum Gasteiger partial charge on any atom is -0.497 e. The second-order valence-electron chi connectivity index (χ2n) is 6.36. The van der Waals surface area contributed by atoms with Gasteiger partial charge in [0.25, 0.3) is 0 Å². The predicted molar refractivity (Wildman–Crippen MR) is 92.7 cm³/mol. The number of ether oxygens (including phenoxy) is 1. The van der Waals surface area contributed by atoms with Crippen LogP contribution in [0.1, 0.15) is 39.9 Å². The highest BCUT2D eigenvalue weighted by molar-refractivity contribution is 5.87. The number of benzene rings is 2. The molecule has 4 nitrogen and oxygen atoms in total. The second kappa shape index (κ2) is 5.71. The van der Waals surface area contributed by atoms with E-state index >= 15 is 0 Å². The van der Waals surface area contributed by atoms with Crippen LogP contribution in [0.2, 0.25) is 0 Å². The fraction of sp³-hybridized carbons (Fsp3) is 0.250. The zero-order valence-electron chi connectivity index (χ0n) is 13.4. The van der Waals surface area contributed by atoms with E-state index in [2.05, 4.69) is 29.6 Å². The third-order valence-electron chi connectivity index (χ3n) is 5.09. The lowest BCUT2D eigenvalue weighted by atomic mass is 9.77. The summed E-state index contributed by atoms with van der Waals surface area (Å²) >= 11 is 0. The molecule has 1 aliphatic heterocycles. The molecule has 2 aliphatic rings. The third kappa shape index (κ3) is 2.35. The Balaban J connectivity index is 1.71. The molecule has 1 heterocycles. The first kappa shape index (κ1) is 14.8. The maximum Gasteiger partial charge on any atom is 0.335 e. The molecule has 0 spiro atoms. The van der Waals surface area contributed by atoms with Gasteiger partial charge in [-0.1, -0.05) is 24.3 Å². The second-order valence-corrected chi connectivity index (χ2v) is 6.36. The van der Waals surface area contributed by atoms with Gasteiger partial charge in [0, 0.05) is 11.6 Å². The van der Waals surface area contributed by atoms with E-state index in [4.69, 9.17) is 9.84 Å². The molecule has 3 atom stereocenters. The molecular formula is C20H19NO3. The minimum absolute atomic E-state index is 0.175. The average molecular weight is 321 g/mol. The molecule has 0 amide bonds. The molecule has 0 unspecified atom stereocenters. The van der Waals surface area contributed by atoms with E-state index in [1.54, 1.807) is 19.2 Å². The van der Waals surface area contributed by atoms with Crippen molar-refractivity contribution in [2.75, 3.05) is 12.4 Å². The van der Waals surface area contributed by atoms with Gasteiger partial charge in [-0.05, 0) is 53.8 Å². The van der Waals surface area contributed by atoms with Gasteiger partial charge in [0.2, 0.25) is 0 Å². The van der Waals surface area contributed by atoms with Crippen LogP contribution >= 0.6 is 0 Å². The van der Waals surface area contributed by atoms with Crippen LogP contribution in [0.25, 0.3) is 0 Å². The number of fused-ring (bicyclic) bond motifs is 3. The van der Waals surface area contributed by atoms with E-state index in [1.165, 1.54) is 5.56 Å². The van der Waals surface area contributed by atoms with Crippen molar-refractivity contribution in [3.8, 4) is 5.75 Å². The highest BCUT2D eigenvalue weighted by Crippen LogP contribution is 2.50. The quantitative estimate of drug-likeness (QED) is 0.831. The van der Waals surface area contributed by atoms with Crippen molar-refractivity contribution in [3.05, 3.63) is 71.3 Å². The standard InChI is InChI=1S/C20H19NO3/c1-24-14-9-10-18-17(11-14)15-3-2-4-16(15)19(21-18)12-5-7-13(8-6-12)20(22)23/h2-3,5-11,15-16,19,21H,4H2,1H3,(H,22,23)/t15-,16+,19+/m1/s1. The molecule has 2 aromatic carbocycles. The van der Waals surface area contributed by atoms with Crippen molar-refractivity contribution < 1.29 is 14.6 Å². The molecule has 122 valence electrons. The van der Waals surface area contributed by atoms with Crippen molar-refractivity contribution in [1.82, 2.24) is 0 Å². The Hall–Kier alpha value is -2.75. The molecule has 0 fully saturated rings. The molecule has 4 rings (SSSR count). The van der Waals surface area contributed by atoms with E-state index in [0.29, 0.717) is 17.4 Å². The number of nitrogens with one attached hydrogen (secondary N) is 1. The van der Waals surface area contributed by atoms with Gasteiger partial charge in [-0.15, -0.1) is 0 Å². The number of hydrogen-bond donors (Lipinski definition) is 2. The first-order valence-corrected chi connectivity index (χ1v) is 8.12. The van der Waals surface area contributed by atoms with Gasteiger partial charge in [-0.3, -0.25) is 0 Å². The molecule has 4 heteroatoms.